The van der Waals surface area contributed by atoms with Crippen LogP contribution < -0.4 is 10.6 Å². The summed E-state index contributed by atoms with van der Waals surface area (Å²) in [5, 5.41) is 6.42. The second-order valence-corrected chi connectivity index (χ2v) is 5.50. The van der Waals surface area contributed by atoms with E-state index in [9.17, 15) is 0 Å². The summed E-state index contributed by atoms with van der Waals surface area (Å²) in [5.41, 5.74) is 1.39. The number of hydrogen-bond donors (Lipinski definition) is 2. The topological polar surface area (TPSA) is 49.8 Å². The van der Waals surface area contributed by atoms with E-state index < -0.39 is 0 Å². The third kappa shape index (κ3) is 2.71. The monoisotopic (exact) mass is 318 g/mol. The van der Waals surface area contributed by atoms with Crippen molar-refractivity contribution in [2.75, 3.05) is 17.7 Å². The molecule has 19 heavy (non-hydrogen) atoms. The zero-order valence-electron chi connectivity index (χ0n) is 10.6. The Kier molecular flexibility index (Phi) is 3.38. The van der Waals surface area contributed by atoms with Crippen molar-refractivity contribution in [2.24, 2.45) is 0 Å². The number of nitrogens with zero attached hydrogens (tertiary/aromatic N) is 2. The summed E-state index contributed by atoms with van der Waals surface area (Å²) < 4.78 is 0.894. The molecular formula is C14H15BrN4. The molecule has 0 amide bonds. The minimum Gasteiger partial charge on any atom is -0.366 e. The Bertz CT molecular complexity index is 573. The van der Waals surface area contributed by atoms with Crippen molar-refractivity contribution in [3.8, 4) is 0 Å². The molecule has 2 unspecified atom stereocenters. The van der Waals surface area contributed by atoms with E-state index in [0.29, 0.717) is 17.9 Å². The summed E-state index contributed by atoms with van der Waals surface area (Å²) in [5.74, 6) is 2.06. The highest BCUT2D eigenvalue weighted by Crippen LogP contribution is 2.43. The molecule has 0 aliphatic heterocycles. The van der Waals surface area contributed by atoms with Crippen LogP contribution in [0.15, 0.2) is 41.0 Å². The standard InChI is InChI=1S/C14H15BrN4/c1-16-14-17-8-11(15)13(19-14)18-12-7-10(12)9-5-3-2-4-6-9/h2-6,8,10,12H,7H2,1H3,(H2,16,17,18,19). The molecule has 0 saturated heterocycles. The molecule has 1 aliphatic carbocycles. The van der Waals surface area contributed by atoms with Gasteiger partial charge >= 0.3 is 0 Å². The number of aromatic nitrogens is 2. The Morgan fingerprint density at radius 3 is 2.79 bits per heavy atom. The van der Waals surface area contributed by atoms with Gasteiger partial charge in [-0.1, -0.05) is 30.3 Å². The fraction of sp³-hybridized carbons (Fsp3) is 0.286. The van der Waals surface area contributed by atoms with E-state index >= 15 is 0 Å². The first kappa shape index (κ1) is 12.4. The van der Waals surface area contributed by atoms with Crippen LogP contribution in [0.1, 0.15) is 17.9 Å². The normalized spacial score (nSPS) is 20.9. The van der Waals surface area contributed by atoms with Crippen LogP contribution in [0.4, 0.5) is 11.8 Å². The fourth-order valence-corrected chi connectivity index (χ4v) is 2.49. The molecule has 2 aromatic rings. The van der Waals surface area contributed by atoms with E-state index in [1.807, 2.05) is 7.05 Å². The van der Waals surface area contributed by atoms with Crippen LogP contribution in [-0.2, 0) is 0 Å². The first-order valence-corrected chi connectivity index (χ1v) is 7.09. The molecule has 5 heteroatoms. The average Bonchev–Trinajstić information content (AvgIpc) is 3.21. The maximum Gasteiger partial charge on any atom is 0.224 e. The highest BCUT2D eigenvalue weighted by Gasteiger charge is 2.38. The van der Waals surface area contributed by atoms with Crippen LogP contribution >= 0.6 is 15.9 Å². The lowest BCUT2D eigenvalue weighted by atomic mass is 10.1. The van der Waals surface area contributed by atoms with Gasteiger partial charge in [0.25, 0.3) is 0 Å². The Balaban J connectivity index is 1.71. The van der Waals surface area contributed by atoms with Gasteiger partial charge in [0.2, 0.25) is 5.95 Å². The van der Waals surface area contributed by atoms with Crippen molar-refractivity contribution in [1.29, 1.82) is 0 Å². The van der Waals surface area contributed by atoms with E-state index in [0.717, 1.165) is 16.7 Å². The molecule has 98 valence electrons. The summed E-state index contributed by atoms with van der Waals surface area (Å²) in [4.78, 5) is 8.57. The third-order valence-electron chi connectivity index (χ3n) is 3.31. The van der Waals surface area contributed by atoms with Gasteiger partial charge in [0.1, 0.15) is 5.82 Å². The lowest BCUT2D eigenvalue weighted by molar-refractivity contribution is 1.02. The summed E-state index contributed by atoms with van der Waals surface area (Å²) in [6.07, 6.45) is 2.91. The maximum atomic E-state index is 4.42. The van der Waals surface area contributed by atoms with E-state index in [1.165, 1.54) is 5.56 Å². The Labute approximate surface area is 120 Å². The lowest BCUT2D eigenvalue weighted by Crippen LogP contribution is -2.08. The summed E-state index contributed by atoms with van der Waals surface area (Å²) in [6, 6.07) is 11.0. The van der Waals surface area contributed by atoms with Crippen molar-refractivity contribution in [3.63, 3.8) is 0 Å². The molecule has 2 N–H and O–H groups in total. The molecule has 1 aliphatic rings. The van der Waals surface area contributed by atoms with Crippen LogP contribution in [0, 0.1) is 0 Å². The van der Waals surface area contributed by atoms with Gasteiger partial charge in [0.15, 0.2) is 0 Å². The molecule has 1 heterocycles. The Morgan fingerprint density at radius 2 is 2.05 bits per heavy atom. The zero-order chi connectivity index (χ0) is 13.2. The molecule has 2 atom stereocenters. The number of anilines is 2. The van der Waals surface area contributed by atoms with Gasteiger partial charge in [-0.2, -0.15) is 4.98 Å². The van der Waals surface area contributed by atoms with Crippen LogP contribution in [-0.4, -0.2) is 23.1 Å². The molecule has 1 fully saturated rings. The van der Waals surface area contributed by atoms with Crippen molar-refractivity contribution in [2.45, 2.75) is 18.4 Å². The fourth-order valence-electron chi connectivity index (χ4n) is 2.19. The summed E-state index contributed by atoms with van der Waals surface area (Å²) >= 11 is 3.48. The number of halogens is 1. The summed E-state index contributed by atoms with van der Waals surface area (Å²) in [7, 11) is 1.82. The van der Waals surface area contributed by atoms with Crippen molar-refractivity contribution in [1.82, 2.24) is 9.97 Å². The molecular weight excluding hydrogens is 304 g/mol. The minimum atomic E-state index is 0.457. The molecule has 4 nitrogen and oxygen atoms in total. The molecule has 0 spiro atoms. The van der Waals surface area contributed by atoms with Crippen molar-refractivity contribution < 1.29 is 0 Å². The molecule has 1 aromatic heterocycles. The predicted octanol–water partition coefficient (Wildman–Crippen LogP) is 3.25. The first-order chi connectivity index (χ1) is 9.28. The van der Waals surface area contributed by atoms with Gasteiger partial charge in [-0.05, 0) is 27.9 Å². The number of hydrogen-bond acceptors (Lipinski definition) is 4. The average molecular weight is 319 g/mol. The smallest absolute Gasteiger partial charge is 0.224 e. The second-order valence-electron chi connectivity index (χ2n) is 4.64. The van der Waals surface area contributed by atoms with Gasteiger partial charge in [-0.15, -0.1) is 0 Å². The highest BCUT2D eigenvalue weighted by atomic mass is 79.9. The number of nitrogens with one attached hydrogen (secondary N) is 2. The summed E-state index contributed by atoms with van der Waals surface area (Å²) in [6.45, 7) is 0. The molecule has 0 radical (unpaired) electrons. The lowest BCUT2D eigenvalue weighted by Gasteiger charge is -2.08. The largest absolute Gasteiger partial charge is 0.366 e. The van der Waals surface area contributed by atoms with Gasteiger partial charge in [-0.25, -0.2) is 4.98 Å². The molecule has 1 aromatic carbocycles. The van der Waals surface area contributed by atoms with Crippen LogP contribution in [0.5, 0.6) is 0 Å². The highest BCUT2D eigenvalue weighted by molar-refractivity contribution is 9.10. The van der Waals surface area contributed by atoms with Crippen LogP contribution in [0.3, 0.4) is 0 Å². The molecule has 1 saturated carbocycles. The molecule has 0 bridgehead atoms. The SMILES string of the molecule is CNc1ncc(Br)c(NC2CC2c2ccccc2)n1. The van der Waals surface area contributed by atoms with Crippen LogP contribution in [0.25, 0.3) is 0 Å². The van der Waals surface area contributed by atoms with E-state index in [1.54, 1.807) is 6.20 Å². The quantitative estimate of drug-likeness (QED) is 0.908. The second kappa shape index (κ2) is 5.17. The van der Waals surface area contributed by atoms with E-state index in [4.69, 9.17) is 0 Å². The minimum absolute atomic E-state index is 0.457. The predicted molar refractivity (Wildman–Crippen MR) is 80.5 cm³/mol. The van der Waals surface area contributed by atoms with E-state index in [-0.39, 0.29) is 0 Å². The maximum absolute atomic E-state index is 4.42. The number of rotatable bonds is 4. The van der Waals surface area contributed by atoms with Crippen LogP contribution in [0.2, 0.25) is 0 Å². The van der Waals surface area contributed by atoms with Crippen molar-refractivity contribution >= 4 is 27.7 Å². The van der Waals surface area contributed by atoms with Gasteiger partial charge < -0.3 is 10.6 Å². The van der Waals surface area contributed by atoms with Gasteiger partial charge in [0, 0.05) is 25.2 Å². The zero-order valence-corrected chi connectivity index (χ0v) is 12.2. The van der Waals surface area contributed by atoms with Gasteiger partial charge in [-0.3, -0.25) is 0 Å². The third-order valence-corrected chi connectivity index (χ3v) is 3.89. The number of benzene rings is 1. The molecule has 3 rings (SSSR count). The Morgan fingerprint density at radius 1 is 1.26 bits per heavy atom. The van der Waals surface area contributed by atoms with Gasteiger partial charge in [0.05, 0.1) is 4.47 Å². The Hall–Kier alpha value is -1.62. The van der Waals surface area contributed by atoms with Crippen molar-refractivity contribution in [3.05, 3.63) is 46.6 Å². The van der Waals surface area contributed by atoms with E-state index in [2.05, 4.69) is 66.9 Å². The first-order valence-electron chi connectivity index (χ1n) is 6.29.